The predicted molar refractivity (Wildman–Crippen MR) is 98.6 cm³/mol. The zero-order chi connectivity index (χ0) is 18.4. The quantitative estimate of drug-likeness (QED) is 0.910. The Morgan fingerprint density at radius 1 is 1.16 bits per heavy atom. The van der Waals surface area contributed by atoms with Gasteiger partial charge >= 0.3 is 6.09 Å². The lowest BCUT2D eigenvalue weighted by Crippen LogP contribution is -2.47. The first-order valence-electron chi connectivity index (χ1n) is 9.10. The number of ether oxygens (including phenoxy) is 1. The van der Waals surface area contributed by atoms with E-state index in [-0.39, 0.29) is 23.5 Å². The maximum Gasteiger partial charge on any atom is 0.409 e. The number of rotatable bonds is 4. The zero-order valence-electron chi connectivity index (χ0n) is 15.8. The first-order chi connectivity index (χ1) is 11.8. The second-order valence-corrected chi connectivity index (χ2v) is 7.65. The molecule has 1 heterocycles. The highest BCUT2D eigenvalue weighted by atomic mass is 16.6. The Morgan fingerprint density at radius 3 is 2.28 bits per heavy atom. The summed E-state index contributed by atoms with van der Waals surface area (Å²) < 4.78 is 5.01. The lowest BCUT2D eigenvalue weighted by molar-refractivity contribution is -0.121. The van der Waals surface area contributed by atoms with Crippen LogP contribution in [0.1, 0.15) is 51.7 Å². The summed E-state index contributed by atoms with van der Waals surface area (Å²) in [5.74, 6) is 0.0399. The van der Waals surface area contributed by atoms with Gasteiger partial charge in [0.1, 0.15) is 0 Å². The fourth-order valence-corrected chi connectivity index (χ4v) is 3.01. The average molecular weight is 346 g/mol. The van der Waals surface area contributed by atoms with E-state index in [9.17, 15) is 9.59 Å². The summed E-state index contributed by atoms with van der Waals surface area (Å²) in [6.07, 6.45) is 1.68. The van der Waals surface area contributed by atoms with Crippen LogP contribution in [0.3, 0.4) is 0 Å². The van der Waals surface area contributed by atoms with Crippen LogP contribution in [0.2, 0.25) is 0 Å². The van der Waals surface area contributed by atoms with Crippen molar-refractivity contribution in [2.45, 2.75) is 58.4 Å². The van der Waals surface area contributed by atoms with E-state index in [4.69, 9.17) is 4.74 Å². The summed E-state index contributed by atoms with van der Waals surface area (Å²) in [5.41, 5.74) is 2.41. The molecule has 138 valence electrons. The molecule has 25 heavy (non-hydrogen) atoms. The summed E-state index contributed by atoms with van der Waals surface area (Å²) in [5, 5.41) is 3.09. The first kappa shape index (κ1) is 19.3. The predicted octanol–water partition coefficient (Wildman–Crippen LogP) is 3.26. The highest BCUT2D eigenvalue weighted by molar-refractivity contribution is 5.79. The van der Waals surface area contributed by atoms with Crippen molar-refractivity contribution in [2.75, 3.05) is 19.7 Å². The number of hydrogen-bond donors (Lipinski definition) is 1. The van der Waals surface area contributed by atoms with E-state index in [1.54, 1.807) is 11.8 Å². The van der Waals surface area contributed by atoms with Gasteiger partial charge in [-0.25, -0.2) is 4.79 Å². The highest BCUT2D eigenvalue weighted by Gasteiger charge is 2.24. The molecule has 0 atom stereocenters. The highest BCUT2D eigenvalue weighted by Crippen LogP contribution is 2.22. The number of amides is 2. The molecule has 1 aliphatic rings. The van der Waals surface area contributed by atoms with Gasteiger partial charge in [-0.1, -0.05) is 45.0 Å². The van der Waals surface area contributed by atoms with Crippen molar-refractivity contribution in [1.82, 2.24) is 10.2 Å². The van der Waals surface area contributed by atoms with Gasteiger partial charge in [-0.2, -0.15) is 0 Å². The third-order valence-electron chi connectivity index (χ3n) is 4.57. The molecule has 5 nitrogen and oxygen atoms in total. The van der Waals surface area contributed by atoms with Gasteiger partial charge in [0.15, 0.2) is 0 Å². The molecule has 0 aromatic heterocycles. The largest absolute Gasteiger partial charge is 0.450 e. The number of nitrogens with one attached hydrogen (secondary N) is 1. The van der Waals surface area contributed by atoms with Gasteiger partial charge < -0.3 is 15.0 Å². The Balaban J connectivity index is 1.78. The minimum Gasteiger partial charge on any atom is -0.450 e. The second kappa shape index (κ2) is 8.37. The van der Waals surface area contributed by atoms with Gasteiger partial charge in [-0.05, 0) is 36.3 Å². The van der Waals surface area contributed by atoms with E-state index >= 15 is 0 Å². The fourth-order valence-electron chi connectivity index (χ4n) is 3.01. The molecule has 5 heteroatoms. The van der Waals surface area contributed by atoms with Crippen molar-refractivity contribution in [3.05, 3.63) is 35.4 Å². The third kappa shape index (κ3) is 5.76. The number of carbonyl (C=O) groups excluding carboxylic acids is 2. The molecule has 0 saturated carbocycles. The molecule has 1 fully saturated rings. The molecule has 1 aromatic rings. The molecule has 1 N–H and O–H groups in total. The van der Waals surface area contributed by atoms with E-state index in [0.29, 0.717) is 26.1 Å². The molecule has 1 aromatic carbocycles. The Hall–Kier alpha value is -2.04. The Bertz CT molecular complexity index is 582. The lowest BCUT2D eigenvalue weighted by atomic mass is 9.86. The maximum atomic E-state index is 12.3. The maximum absolute atomic E-state index is 12.3. The van der Waals surface area contributed by atoms with E-state index in [1.165, 1.54) is 5.56 Å². The molecule has 2 rings (SSSR count). The minimum absolute atomic E-state index is 0.0399. The topological polar surface area (TPSA) is 58.6 Å². The number of piperidine rings is 1. The zero-order valence-corrected chi connectivity index (χ0v) is 15.8. The summed E-state index contributed by atoms with van der Waals surface area (Å²) >= 11 is 0. The van der Waals surface area contributed by atoms with E-state index < -0.39 is 0 Å². The number of nitrogens with zero attached hydrogens (tertiary/aromatic N) is 1. The van der Waals surface area contributed by atoms with Crippen molar-refractivity contribution in [1.29, 1.82) is 0 Å². The van der Waals surface area contributed by atoms with Crippen molar-refractivity contribution in [3.63, 3.8) is 0 Å². The lowest BCUT2D eigenvalue weighted by Gasteiger charge is -2.31. The van der Waals surface area contributed by atoms with Crippen LogP contribution in [0.4, 0.5) is 4.79 Å². The van der Waals surface area contributed by atoms with Gasteiger partial charge in [0.25, 0.3) is 0 Å². The number of hydrogen-bond acceptors (Lipinski definition) is 3. The van der Waals surface area contributed by atoms with E-state index in [2.05, 4.69) is 38.2 Å². The van der Waals surface area contributed by atoms with Crippen LogP contribution in [0.25, 0.3) is 0 Å². The van der Waals surface area contributed by atoms with Crippen molar-refractivity contribution in [2.24, 2.45) is 0 Å². The Kier molecular flexibility index (Phi) is 6.45. The van der Waals surface area contributed by atoms with E-state index in [1.807, 2.05) is 12.1 Å². The molecule has 1 aliphatic heterocycles. The summed E-state index contributed by atoms with van der Waals surface area (Å²) in [6.45, 7) is 9.99. The van der Waals surface area contributed by atoms with Crippen molar-refractivity contribution >= 4 is 12.0 Å². The molecule has 0 spiro atoms. The van der Waals surface area contributed by atoms with Crippen molar-refractivity contribution < 1.29 is 14.3 Å². The molecule has 2 amide bonds. The Labute approximate surface area is 150 Å². The number of benzene rings is 1. The van der Waals surface area contributed by atoms with Gasteiger partial charge in [0.05, 0.1) is 13.0 Å². The molecular formula is C20H30N2O3. The van der Waals surface area contributed by atoms with Crippen LogP contribution in [0.5, 0.6) is 0 Å². The van der Waals surface area contributed by atoms with Crippen LogP contribution in [0.15, 0.2) is 24.3 Å². The third-order valence-corrected chi connectivity index (χ3v) is 4.57. The van der Waals surface area contributed by atoms with Crippen LogP contribution in [0, 0.1) is 0 Å². The monoisotopic (exact) mass is 346 g/mol. The SMILES string of the molecule is CCOC(=O)N1CCC(NC(=O)Cc2ccc(C(C)(C)C)cc2)CC1. The molecule has 0 aliphatic carbocycles. The smallest absolute Gasteiger partial charge is 0.409 e. The minimum atomic E-state index is -0.258. The molecule has 0 radical (unpaired) electrons. The molecule has 1 saturated heterocycles. The van der Waals surface area contributed by atoms with Gasteiger partial charge in [-0.3, -0.25) is 4.79 Å². The normalized spacial score (nSPS) is 15.8. The fraction of sp³-hybridized carbons (Fsp3) is 0.600. The molecular weight excluding hydrogens is 316 g/mol. The van der Waals surface area contributed by atoms with Gasteiger partial charge in [0, 0.05) is 19.1 Å². The summed E-state index contributed by atoms with van der Waals surface area (Å²) in [6, 6.07) is 8.39. The van der Waals surface area contributed by atoms with Crippen LogP contribution in [-0.4, -0.2) is 42.6 Å². The van der Waals surface area contributed by atoms with Gasteiger partial charge in [0.2, 0.25) is 5.91 Å². The molecule has 0 bridgehead atoms. The van der Waals surface area contributed by atoms with Crippen LogP contribution < -0.4 is 5.32 Å². The first-order valence-corrected chi connectivity index (χ1v) is 9.10. The van der Waals surface area contributed by atoms with Crippen LogP contribution >= 0.6 is 0 Å². The summed E-state index contributed by atoms with van der Waals surface area (Å²) in [7, 11) is 0. The van der Waals surface area contributed by atoms with Crippen LogP contribution in [-0.2, 0) is 21.4 Å². The average Bonchev–Trinajstić information content (AvgIpc) is 2.55. The standard InChI is InChI=1S/C20H30N2O3/c1-5-25-19(24)22-12-10-17(11-13-22)21-18(23)14-15-6-8-16(9-7-15)20(2,3)4/h6-9,17H,5,10-14H2,1-4H3,(H,21,23). The van der Waals surface area contributed by atoms with Crippen molar-refractivity contribution in [3.8, 4) is 0 Å². The molecule has 0 unspecified atom stereocenters. The summed E-state index contributed by atoms with van der Waals surface area (Å²) in [4.78, 5) is 25.7. The number of likely N-dealkylation sites (tertiary alicyclic amines) is 1. The number of carbonyl (C=O) groups is 2. The Morgan fingerprint density at radius 2 is 1.76 bits per heavy atom. The second-order valence-electron chi connectivity index (χ2n) is 7.65. The van der Waals surface area contributed by atoms with E-state index in [0.717, 1.165) is 18.4 Å². The van der Waals surface area contributed by atoms with Gasteiger partial charge in [-0.15, -0.1) is 0 Å².